The maximum absolute atomic E-state index is 12.7. The van der Waals surface area contributed by atoms with Gasteiger partial charge >= 0.3 is 0 Å². The van der Waals surface area contributed by atoms with E-state index in [4.69, 9.17) is 0 Å². The molecular weight excluding hydrogens is 460 g/mol. The largest absolute Gasteiger partial charge is 0.305 e. The molecule has 33 heavy (non-hydrogen) atoms. The summed E-state index contributed by atoms with van der Waals surface area (Å²) < 4.78 is 27.9. The van der Waals surface area contributed by atoms with Crippen LogP contribution in [-0.4, -0.2) is 41.3 Å². The molecule has 1 amide bonds. The van der Waals surface area contributed by atoms with E-state index in [-0.39, 0.29) is 11.4 Å². The van der Waals surface area contributed by atoms with E-state index in [2.05, 4.69) is 22.4 Å². The van der Waals surface area contributed by atoms with Crippen molar-refractivity contribution in [2.45, 2.75) is 46.1 Å². The smallest absolute Gasteiger partial charge is 0.251 e. The van der Waals surface area contributed by atoms with Gasteiger partial charge in [0.2, 0.25) is 15.9 Å². The van der Waals surface area contributed by atoms with Crippen LogP contribution < -0.4 is 10.9 Å². The number of nitrogens with one attached hydrogen (secondary N) is 1. The molecule has 1 N–H and O–H groups in total. The quantitative estimate of drug-likeness (QED) is 0.522. The van der Waals surface area contributed by atoms with Crippen molar-refractivity contribution in [2.75, 3.05) is 18.4 Å². The Morgan fingerprint density at radius 3 is 2.36 bits per heavy atom. The number of benzene rings is 1. The number of thiazole rings is 1. The molecule has 0 fully saturated rings. The Hall–Kier alpha value is -2.82. The first kappa shape index (κ1) is 24.8. The van der Waals surface area contributed by atoms with Crippen LogP contribution in [0.4, 0.5) is 5.13 Å². The van der Waals surface area contributed by atoms with Gasteiger partial charge < -0.3 is 9.88 Å². The Morgan fingerprint density at radius 1 is 1.12 bits per heavy atom. The molecule has 3 aromatic rings. The molecule has 3 rings (SSSR count). The zero-order chi connectivity index (χ0) is 24.3. The molecule has 176 valence electrons. The van der Waals surface area contributed by atoms with Gasteiger partial charge in [-0.3, -0.25) is 9.59 Å². The summed E-state index contributed by atoms with van der Waals surface area (Å²) in [7, 11) is -3.74. The van der Waals surface area contributed by atoms with Gasteiger partial charge in [-0.1, -0.05) is 31.5 Å². The van der Waals surface area contributed by atoms with Gasteiger partial charge in [-0.15, -0.1) is 11.3 Å². The number of aryl methyl sites for hydroxylation is 3. The minimum atomic E-state index is -3.74. The highest BCUT2D eigenvalue weighted by Gasteiger charge is 2.22. The molecule has 0 aliphatic carbocycles. The standard InChI is InChI=1S/C23H28N4O4S2/c1-6-27(7-2)33(30,31)18-8-9-21(29)26(12-18)13-20(28)25-23-24-19(14-32-23)22-16(4)10-15(3)11-17(22)5/h8-12,14H,6-7,13H2,1-5H3,(H,24,25,28). The summed E-state index contributed by atoms with van der Waals surface area (Å²) in [5.74, 6) is -0.465. The number of pyridine rings is 1. The van der Waals surface area contributed by atoms with Crippen molar-refractivity contribution in [1.29, 1.82) is 0 Å². The van der Waals surface area contributed by atoms with Crippen molar-refractivity contribution in [3.05, 3.63) is 62.9 Å². The molecule has 0 saturated heterocycles. The summed E-state index contributed by atoms with van der Waals surface area (Å²) in [6, 6.07) is 6.61. The molecule has 0 saturated carbocycles. The number of rotatable bonds is 8. The lowest BCUT2D eigenvalue weighted by molar-refractivity contribution is -0.116. The number of hydrogen-bond acceptors (Lipinski definition) is 6. The van der Waals surface area contributed by atoms with Crippen molar-refractivity contribution >= 4 is 32.4 Å². The number of nitrogens with zero attached hydrogens (tertiary/aromatic N) is 3. The van der Waals surface area contributed by atoms with E-state index in [0.29, 0.717) is 18.2 Å². The van der Waals surface area contributed by atoms with Gasteiger partial charge in [0.1, 0.15) is 6.54 Å². The lowest BCUT2D eigenvalue weighted by Crippen LogP contribution is -2.33. The van der Waals surface area contributed by atoms with Crippen molar-refractivity contribution in [3.8, 4) is 11.3 Å². The predicted octanol–water partition coefficient (Wildman–Crippen LogP) is 3.57. The fraction of sp³-hybridized carbons (Fsp3) is 0.348. The average Bonchev–Trinajstić information content (AvgIpc) is 3.17. The second-order valence-electron chi connectivity index (χ2n) is 7.78. The molecule has 0 spiro atoms. The van der Waals surface area contributed by atoms with E-state index in [1.165, 1.54) is 33.5 Å². The van der Waals surface area contributed by atoms with E-state index < -0.39 is 21.5 Å². The summed E-state index contributed by atoms with van der Waals surface area (Å²) >= 11 is 1.29. The number of hydrogen-bond donors (Lipinski definition) is 1. The second kappa shape index (κ2) is 9.98. The van der Waals surface area contributed by atoms with Crippen LogP contribution in [0.5, 0.6) is 0 Å². The Balaban J connectivity index is 1.80. The first-order valence-corrected chi connectivity index (χ1v) is 12.9. The number of sulfonamides is 1. The van der Waals surface area contributed by atoms with Gasteiger partial charge in [0.15, 0.2) is 5.13 Å². The van der Waals surface area contributed by atoms with Crippen LogP contribution in [0.25, 0.3) is 11.3 Å². The zero-order valence-electron chi connectivity index (χ0n) is 19.4. The molecule has 0 radical (unpaired) electrons. The summed E-state index contributed by atoms with van der Waals surface area (Å²) in [6.45, 7) is 9.88. The van der Waals surface area contributed by atoms with E-state index in [1.807, 2.05) is 26.2 Å². The Morgan fingerprint density at radius 2 is 1.76 bits per heavy atom. The highest BCUT2D eigenvalue weighted by Crippen LogP contribution is 2.31. The number of aromatic nitrogens is 2. The van der Waals surface area contributed by atoms with Crippen LogP contribution in [0.2, 0.25) is 0 Å². The molecular formula is C23H28N4O4S2. The van der Waals surface area contributed by atoms with Gasteiger partial charge in [-0.2, -0.15) is 4.31 Å². The minimum absolute atomic E-state index is 0.0274. The van der Waals surface area contributed by atoms with Crippen LogP contribution in [0.1, 0.15) is 30.5 Å². The number of carbonyl (C=O) groups is 1. The van der Waals surface area contributed by atoms with Gasteiger partial charge in [0, 0.05) is 36.3 Å². The maximum Gasteiger partial charge on any atom is 0.251 e. The molecule has 0 atom stereocenters. The summed E-state index contributed by atoms with van der Waals surface area (Å²) in [6.07, 6.45) is 1.21. The van der Waals surface area contributed by atoms with Crippen LogP contribution in [-0.2, 0) is 21.4 Å². The summed E-state index contributed by atoms with van der Waals surface area (Å²) in [5, 5.41) is 5.00. The first-order valence-electron chi connectivity index (χ1n) is 10.6. The number of anilines is 1. The molecule has 0 aliphatic rings. The lowest BCUT2D eigenvalue weighted by Gasteiger charge is -2.18. The topological polar surface area (TPSA) is 101 Å². The number of amides is 1. The Labute approximate surface area is 198 Å². The molecule has 0 aliphatic heterocycles. The third-order valence-electron chi connectivity index (χ3n) is 5.30. The van der Waals surface area contributed by atoms with E-state index in [1.54, 1.807) is 13.8 Å². The van der Waals surface area contributed by atoms with Crippen LogP contribution in [0, 0.1) is 20.8 Å². The lowest BCUT2D eigenvalue weighted by atomic mass is 9.98. The van der Waals surface area contributed by atoms with Crippen LogP contribution in [0.15, 0.2) is 45.5 Å². The second-order valence-corrected chi connectivity index (χ2v) is 10.6. The molecule has 10 heteroatoms. The minimum Gasteiger partial charge on any atom is -0.305 e. The SMILES string of the molecule is CCN(CC)S(=O)(=O)c1ccc(=O)n(CC(=O)Nc2nc(-c3c(C)cc(C)cc3C)cs2)c1. The molecule has 2 aromatic heterocycles. The van der Waals surface area contributed by atoms with Crippen molar-refractivity contribution in [3.63, 3.8) is 0 Å². The van der Waals surface area contributed by atoms with Crippen molar-refractivity contribution in [1.82, 2.24) is 13.9 Å². The normalized spacial score (nSPS) is 11.7. The van der Waals surface area contributed by atoms with Gasteiger partial charge in [0.05, 0.1) is 10.6 Å². The molecule has 0 unspecified atom stereocenters. The molecule has 0 bridgehead atoms. The fourth-order valence-electron chi connectivity index (χ4n) is 3.84. The van der Waals surface area contributed by atoms with Gasteiger partial charge in [-0.25, -0.2) is 13.4 Å². The summed E-state index contributed by atoms with van der Waals surface area (Å²) in [4.78, 5) is 29.4. The monoisotopic (exact) mass is 488 g/mol. The van der Waals surface area contributed by atoms with Gasteiger partial charge in [-0.05, 0) is 38.0 Å². The van der Waals surface area contributed by atoms with E-state index in [0.717, 1.165) is 33.0 Å². The highest BCUT2D eigenvalue weighted by atomic mass is 32.2. The Kier molecular flexibility index (Phi) is 7.51. The third-order valence-corrected chi connectivity index (χ3v) is 8.09. The van der Waals surface area contributed by atoms with Crippen LogP contribution >= 0.6 is 11.3 Å². The molecule has 2 heterocycles. The maximum atomic E-state index is 12.7. The van der Waals surface area contributed by atoms with E-state index in [9.17, 15) is 18.0 Å². The summed E-state index contributed by atoms with van der Waals surface area (Å²) in [5.41, 5.74) is 4.72. The van der Waals surface area contributed by atoms with Crippen molar-refractivity contribution < 1.29 is 13.2 Å². The average molecular weight is 489 g/mol. The highest BCUT2D eigenvalue weighted by molar-refractivity contribution is 7.89. The Bertz CT molecular complexity index is 1320. The third kappa shape index (κ3) is 5.40. The van der Waals surface area contributed by atoms with Crippen LogP contribution in [0.3, 0.4) is 0 Å². The number of carbonyl (C=O) groups excluding carboxylic acids is 1. The molecule has 1 aromatic carbocycles. The predicted molar refractivity (Wildman–Crippen MR) is 131 cm³/mol. The van der Waals surface area contributed by atoms with Gasteiger partial charge in [0.25, 0.3) is 5.56 Å². The molecule has 8 nitrogen and oxygen atoms in total. The van der Waals surface area contributed by atoms with Crippen molar-refractivity contribution in [2.24, 2.45) is 0 Å². The fourth-order valence-corrected chi connectivity index (χ4v) is 6.04. The van der Waals surface area contributed by atoms with E-state index >= 15 is 0 Å². The first-order chi connectivity index (χ1) is 15.6. The zero-order valence-corrected chi connectivity index (χ0v) is 21.0.